The summed E-state index contributed by atoms with van der Waals surface area (Å²) in [5, 5.41) is 2.33. The van der Waals surface area contributed by atoms with E-state index in [0.717, 1.165) is 62.1 Å². The number of carbonyl (C=O) groups is 1. The maximum atomic E-state index is 14.2. The van der Waals surface area contributed by atoms with Crippen LogP contribution >= 0.6 is 0 Å². The molecule has 0 saturated heterocycles. The second-order valence-corrected chi connectivity index (χ2v) is 8.72. The molecule has 2 aromatic rings. The van der Waals surface area contributed by atoms with Crippen molar-refractivity contribution in [1.82, 2.24) is 4.72 Å². The van der Waals surface area contributed by atoms with Gasteiger partial charge in [0, 0.05) is 23.4 Å². The fraction of sp³-hybridized carbons (Fsp3) is 0.350. The molecule has 0 spiro atoms. The number of hydrogen-bond acceptors (Lipinski definition) is 3. The summed E-state index contributed by atoms with van der Waals surface area (Å²) in [7, 11) is -4.16. The molecule has 1 amide bonds. The third kappa shape index (κ3) is 5.36. The van der Waals surface area contributed by atoms with Gasteiger partial charge in [-0.25, -0.2) is 26.3 Å². The minimum atomic E-state index is -4.16. The highest BCUT2D eigenvalue weighted by Gasteiger charge is 2.25. The summed E-state index contributed by atoms with van der Waals surface area (Å²) in [6.07, 6.45) is 5.21. The van der Waals surface area contributed by atoms with E-state index in [4.69, 9.17) is 0 Å². The minimum Gasteiger partial charge on any atom is -0.322 e. The van der Waals surface area contributed by atoms with Gasteiger partial charge in [0.1, 0.15) is 10.7 Å². The SMILES string of the molecule is O=C(Nc1ccc(F)c(F)c1)c1ccc(F)c(S(=O)(=O)NC2CCCCCC2)c1. The van der Waals surface area contributed by atoms with E-state index in [1.54, 1.807) is 0 Å². The largest absolute Gasteiger partial charge is 0.322 e. The van der Waals surface area contributed by atoms with Crippen LogP contribution in [-0.4, -0.2) is 20.4 Å². The summed E-state index contributed by atoms with van der Waals surface area (Å²) in [6.45, 7) is 0. The summed E-state index contributed by atoms with van der Waals surface area (Å²) in [5.74, 6) is -3.96. The van der Waals surface area contributed by atoms with Crippen LogP contribution in [0.3, 0.4) is 0 Å². The standard InChI is InChI=1S/C20H21F3N2O3S/c21-16-10-8-15(12-18(16)23)24-20(26)13-7-9-17(22)19(11-13)29(27,28)25-14-5-3-1-2-4-6-14/h7-12,14,25H,1-6H2,(H,24,26). The predicted molar refractivity (Wildman–Crippen MR) is 103 cm³/mol. The van der Waals surface area contributed by atoms with E-state index < -0.39 is 38.3 Å². The summed E-state index contributed by atoms with van der Waals surface area (Å²) >= 11 is 0. The minimum absolute atomic E-state index is 0.0146. The number of halogens is 3. The lowest BCUT2D eigenvalue weighted by Gasteiger charge is -2.17. The normalized spacial score (nSPS) is 15.7. The summed E-state index contributed by atoms with van der Waals surface area (Å²) in [5.41, 5.74) is -0.142. The average molecular weight is 426 g/mol. The lowest BCUT2D eigenvalue weighted by atomic mass is 10.1. The van der Waals surface area contributed by atoms with Gasteiger partial charge in [0.15, 0.2) is 11.6 Å². The van der Waals surface area contributed by atoms with Crippen molar-refractivity contribution in [1.29, 1.82) is 0 Å². The van der Waals surface area contributed by atoms with Gasteiger partial charge >= 0.3 is 0 Å². The molecule has 0 unspecified atom stereocenters. The molecule has 1 fully saturated rings. The van der Waals surface area contributed by atoms with Crippen LogP contribution in [0.25, 0.3) is 0 Å². The van der Waals surface area contributed by atoms with Gasteiger partial charge in [0.05, 0.1) is 0 Å². The van der Waals surface area contributed by atoms with Gasteiger partial charge in [-0.2, -0.15) is 0 Å². The van der Waals surface area contributed by atoms with Crippen LogP contribution in [0, 0.1) is 17.5 Å². The van der Waals surface area contributed by atoms with Crippen LogP contribution in [0.5, 0.6) is 0 Å². The molecule has 156 valence electrons. The number of hydrogen-bond donors (Lipinski definition) is 2. The Morgan fingerprint density at radius 2 is 1.52 bits per heavy atom. The Kier molecular flexibility index (Phi) is 6.59. The Bertz CT molecular complexity index is 1000. The van der Waals surface area contributed by atoms with E-state index in [9.17, 15) is 26.4 Å². The highest BCUT2D eigenvalue weighted by Crippen LogP contribution is 2.22. The number of anilines is 1. The second-order valence-electron chi connectivity index (χ2n) is 7.04. The molecule has 1 saturated carbocycles. The summed E-state index contributed by atoms with van der Waals surface area (Å²) in [4.78, 5) is 11.7. The van der Waals surface area contributed by atoms with Gasteiger partial charge < -0.3 is 5.32 Å². The van der Waals surface area contributed by atoms with Gasteiger partial charge in [-0.3, -0.25) is 4.79 Å². The van der Waals surface area contributed by atoms with Crippen LogP contribution in [0.2, 0.25) is 0 Å². The van der Waals surface area contributed by atoms with Gasteiger partial charge in [0.2, 0.25) is 10.0 Å². The first-order valence-electron chi connectivity index (χ1n) is 9.34. The van der Waals surface area contributed by atoms with Crippen molar-refractivity contribution < 1.29 is 26.4 Å². The van der Waals surface area contributed by atoms with Gasteiger partial charge in [-0.15, -0.1) is 0 Å². The molecule has 0 radical (unpaired) electrons. The molecule has 1 aliphatic carbocycles. The third-order valence-electron chi connectivity index (χ3n) is 4.84. The van der Waals surface area contributed by atoms with Crippen molar-refractivity contribution in [3.8, 4) is 0 Å². The van der Waals surface area contributed by atoms with Crippen molar-refractivity contribution in [3.63, 3.8) is 0 Å². The molecule has 5 nitrogen and oxygen atoms in total. The smallest absolute Gasteiger partial charge is 0.255 e. The number of sulfonamides is 1. The molecule has 0 heterocycles. The number of amides is 1. The third-order valence-corrected chi connectivity index (χ3v) is 6.37. The van der Waals surface area contributed by atoms with Gasteiger partial charge in [-0.1, -0.05) is 25.7 Å². The van der Waals surface area contributed by atoms with Crippen LogP contribution in [0.4, 0.5) is 18.9 Å². The Balaban J connectivity index is 1.80. The molecule has 29 heavy (non-hydrogen) atoms. The zero-order chi connectivity index (χ0) is 21.0. The molecule has 2 N–H and O–H groups in total. The highest BCUT2D eigenvalue weighted by atomic mass is 32.2. The molecule has 0 aromatic heterocycles. The molecular weight excluding hydrogens is 405 g/mol. The quantitative estimate of drug-likeness (QED) is 0.698. The first-order chi connectivity index (χ1) is 13.8. The highest BCUT2D eigenvalue weighted by molar-refractivity contribution is 7.89. The maximum absolute atomic E-state index is 14.2. The molecule has 1 aliphatic rings. The number of rotatable bonds is 5. The molecule has 0 atom stereocenters. The van der Waals surface area contributed by atoms with E-state index in [1.165, 1.54) is 0 Å². The van der Waals surface area contributed by atoms with Gasteiger partial charge in [-0.05, 0) is 43.2 Å². The van der Waals surface area contributed by atoms with Crippen molar-refractivity contribution >= 4 is 21.6 Å². The van der Waals surface area contributed by atoms with Crippen LogP contribution < -0.4 is 10.0 Å². The number of carbonyl (C=O) groups excluding carboxylic acids is 1. The molecule has 3 rings (SSSR count). The van der Waals surface area contributed by atoms with Crippen molar-refractivity contribution in [2.24, 2.45) is 0 Å². The first-order valence-corrected chi connectivity index (χ1v) is 10.8. The zero-order valence-corrected chi connectivity index (χ0v) is 16.4. The van der Waals surface area contributed by atoms with E-state index in [-0.39, 0.29) is 17.3 Å². The molecule has 0 bridgehead atoms. The topological polar surface area (TPSA) is 75.3 Å². The van der Waals surface area contributed by atoms with Crippen LogP contribution in [0.15, 0.2) is 41.3 Å². The predicted octanol–water partition coefficient (Wildman–Crippen LogP) is 4.36. The van der Waals surface area contributed by atoms with Crippen molar-refractivity contribution in [3.05, 3.63) is 59.4 Å². The van der Waals surface area contributed by atoms with Crippen molar-refractivity contribution in [2.45, 2.75) is 49.5 Å². The molecule has 0 aliphatic heterocycles. The van der Waals surface area contributed by atoms with E-state index in [1.807, 2.05) is 0 Å². The molecule has 9 heteroatoms. The lowest BCUT2D eigenvalue weighted by Crippen LogP contribution is -2.35. The maximum Gasteiger partial charge on any atom is 0.255 e. The Morgan fingerprint density at radius 1 is 0.862 bits per heavy atom. The summed E-state index contributed by atoms with van der Waals surface area (Å²) < 4.78 is 68.4. The van der Waals surface area contributed by atoms with Crippen LogP contribution in [0.1, 0.15) is 48.9 Å². The zero-order valence-electron chi connectivity index (χ0n) is 15.6. The lowest BCUT2D eigenvalue weighted by molar-refractivity contribution is 0.102. The first kappa shape index (κ1) is 21.3. The Labute approximate surface area is 167 Å². The Hall–Kier alpha value is -2.39. The van der Waals surface area contributed by atoms with Gasteiger partial charge in [0.25, 0.3) is 5.91 Å². The van der Waals surface area contributed by atoms with E-state index >= 15 is 0 Å². The van der Waals surface area contributed by atoms with E-state index in [0.29, 0.717) is 12.8 Å². The molecular formula is C20H21F3N2O3S. The monoisotopic (exact) mass is 426 g/mol. The summed E-state index contributed by atoms with van der Waals surface area (Å²) in [6, 6.07) is 5.47. The van der Waals surface area contributed by atoms with E-state index in [2.05, 4.69) is 10.0 Å². The Morgan fingerprint density at radius 3 is 2.17 bits per heavy atom. The molecule has 2 aromatic carbocycles. The number of benzene rings is 2. The fourth-order valence-electron chi connectivity index (χ4n) is 3.31. The van der Waals surface area contributed by atoms with Crippen LogP contribution in [-0.2, 0) is 10.0 Å². The second kappa shape index (κ2) is 8.96. The van der Waals surface area contributed by atoms with Crippen molar-refractivity contribution in [2.75, 3.05) is 5.32 Å². The average Bonchev–Trinajstić information content (AvgIpc) is 2.93. The number of nitrogens with one attached hydrogen (secondary N) is 2. The fourth-order valence-corrected chi connectivity index (χ4v) is 4.72.